The molecule has 0 bridgehead atoms. The monoisotopic (exact) mass is 210 g/mol. The fourth-order valence-corrected chi connectivity index (χ4v) is 1.07. The lowest BCUT2D eigenvalue weighted by Crippen LogP contribution is -2.24. The predicted octanol–water partition coefficient (Wildman–Crippen LogP) is 0.653. The summed E-state index contributed by atoms with van der Waals surface area (Å²) in [5.41, 5.74) is 6.09. The highest BCUT2D eigenvalue weighted by atomic mass is 16.5. The Bertz CT molecular complexity index is 341. The molecule has 1 aromatic rings. The zero-order valence-corrected chi connectivity index (χ0v) is 8.77. The lowest BCUT2D eigenvalue weighted by molar-refractivity contribution is -0.144. The van der Waals surface area contributed by atoms with E-state index in [2.05, 4.69) is 4.98 Å². The van der Waals surface area contributed by atoms with Crippen molar-refractivity contribution in [1.82, 2.24) is 4.98 Å². The van der Waals surface area contributed by atoms with Crippen LogP contribution in [0.15, 0.2) is 18.2 Å². The third kappa shape index (κ3) is 2.92. The van der Waals surface area contributed by atoms with Crippen LogP contribution >= 0.6 is 0 Å². The highest BCUT2D eigenvalue weighted by Crippen LogP contribution is 2.13. The minimum absolute atomic E-state index is 0.302. The van der Waals surface area contributed by atoms with Gasteiger partial charge in [0.2, 0.25) is 5.88 Å². The van der Waals surface area contributed by atoms with Crippen molar-refractivity contribution in [2.45, 2.75) is 13.0 Å². The molecule has 1 atom stereocenters. The summed E-state index contributed by atoms with van der Waals surface area (Å²) in [5.74, 6) is -0.0644. The summed E-state index contributed by atoms with van der Waals surface area (Å²) in [6.07, 6.45) is 0. The lowest BCUT2D eigenvalue weighted by Gasteiger charge is -2.10. The van der Waals surface area contributed by atoms with E-state index in [0.717, 1.165) is 0 Å². The van der Waals surface area contributed by atoms with Gasteiger partial charge in [0.1, 0.15) is 6.04 Å². The lowest BCUT2D eigenvalue weighted by atomic mass is 10.2. The van der Waals surface area contributed by atoms with Gasteiger partial charge in [-0.3, -0.25) is 0 Å². The molecule has 0 aliphatic heterocycles. The molecule has 82 valence electrons. The van der Waals surface area contributed by atoms with E-state index < -0.39 is 12.0 Å². The van der Waals surface area contributed by atoms with Crippen molar-refractivity contribution in [1.29, 1.82) is 0 Å². The number of hydrogen-bond acceptors (Lipinski definition) is 5. The van der Waals surface area contributed by atoms with Crippen LogP contribution < -0.4 is 10.5 Å². The molecule has 1 aromatic heterocycles. The minimum atomic E-state index is -0.861. The number of esters is 1. The van der Waals surface area contributed by atoms with Crippen molar-refractivity contribution < 1.29 is 14.3 Å². The molecule has 5 heteroatoms. The van der Waals surface area contributed by atoms with E-state index in [0.29, 0.717) is 18.2 Å². The number of ether oxygens (including phenoxy) is 2. The second-order valence-corrected chi connectivity index (χ2v) is 2.83. The molecular weight excluding hydrogens is 196 g/mol. The van der Waals surface area contributed by atoms with Crippen molar-refractivity contribution in [3.05, 3.63) is 23.9 Å². The molecular formula is C10H14N2O3. The second-order valence-electron chi connectivity index (χ2n) is 2.83. The average Bonchev–Trinajstić information content (AvgIpc) is 2.28. The highest BCUT2D eigenvalue weighted by molar-refractivity contribution is 5.76. The number of aromatic nitrogens is 1. The van der Waals surface area contributed by atoms with Crippen LogP contribution in [0.5, 0.6) is 5.88 Å². The third-order valence-corrected chi connectivity index (χ3v) is 1.81. The van der Waals surface area contributed by atoms with Gasteiger partial charge in [0.15, 0.2) is 0 Å². The Morgan fingerprint density at radius 2 is 2.33 bits per heavy atom. The van der Waals surface area contributed by atoms with Crippen LogP contribution in [0.2, 0.25) is 0 Å². The molecule has 15 heavy (non-hydrogen) atoms. The van der Waals surface area contributed by atoms with Crippen LogP contribution in [0.3, 0.4) is 0 Å². The zero-order chi connectivity index (χ0) is 11.3. The van der Waals surface area contributed by atoms with Crippen LogP contribution in [0.1, 0.15) is 18.7 Å². The first-order valence-electron chi connectivity index (χ1n) is 4.62. The van der Waals surface area contributed by atoms with Crippen molar-refractivity contribution in [2.24, 2.45) is 5.73 Å². The van der Waals surface area contributed by atoms with Crippen molar-refractivity contribution in [3.63, 3.8) is 0 Å². The summed E-state index contributed by atoms with van der Waals surface area (Å²) in [7, 11) is 1.50. The maximum Gasteiger partial charge on any atom is 0.329 e. The number of carbonyl (C=O) groups is 1. The minimum Gasteiger partial charge on any atom is -0.481 e. The molecule has 5 nitrogen and oxygen atoms in total. The van der Waals surface area contributed by atoms with E-state index in [1.807, 2.05) is 0 Å². The first-order chi connectivity index (χ1) is 7.19. The maximum atomic E-state index is 11.3. The van der Waals surface area contributed by atoms with Gasteiger partial charge in [-0.1, -0.05) is 6.07 Å². The van der Waals surface area contributed by atoms with Crippen LogP contribution in [0, 0.1) is 0 Å². The van der Waals surface area contributed by atoms with E-state index in [9.17, 15) is 4.79 Å². The number of nitrogens with two attached hydrogens (primary N) is 1. The van der Waals surface area contributed by atoms with Crippen LogP contribution in [-0.2, 0) is 9.53 Å². The van der Waals surface area contributed by atoms with Gasteiger partial charge in [0.25, 0.3) is 0 Å². The summed E-state index contributed by atoms with van der Waals surface area (Å²) >= 11 is 0. The highest BCUT2D eigenvalue weighted by Gasteiger charge is 2.18. The molecule has 1 heterocycles. The average molecular weight is 210 g/mol. The fraction of sp³-hybridized carbons (Fsp3) is 0.400. The fourth-order valence-electron chi connectivity index (χ4n) is 1.07. The van der Waals surface area contributed by atoms with Gasteiger partial charge in [-0.25, -0.2) is 9.78 Å². The normalized spacial score (nSPS) is 11.9. The quantitative estimate of drug-likeness (QED) is 0.738. The van der Waals surface area contributed by atoms with Gasteiger partial charge in [-0.2, -0.15) is 0 Å². The Balaban J connectivity index is 2.81. The van der Waals surface area contributed by atoms with Gasteiger partial charge < -0.3 is 15.2 Å². The Morgan fingerprint density at radius 1 is 1.60 bits per heavy atom. The molecule has 0 radical (unpaired) electrons. The second kappa shape index (κ2) is 5.31. The van der Waals surface area contributed by atoms with E-state index in [4.69, 9.17) is 15.2 Å². The standard InChI is InChI=1S/C10H14N2O3/c1-3-15-10(13)9(11)7-5-4-6-8(12-7)14-2/h4-6,9H,3,11H2,1-2H3. The van der Waals surface area contributed by atoms with E-state index in [-0.39, 0.29) is 0 Å². The van der Waals surface area contributed by atoms with Crippen molar-refractivity contribution in [3.8, 4) is 5.88 Å². The molecule has 0 fully saturated rings. The molecule has 0 saturated carbocycles. The van der Waals surface area contributed by atoms with Crippen LogP contribution in [0.25, 0.3) is 0 Å². The molecule has 2 N–H and O–H groups in total. The van der Waals surface area contributed by atoms with E-state index in [1.54, 1.807) is 25.1 Å². The Morgan fingerprint density at radius 3 is 2.93 bits per heavy atom. The zero-order valence-electron chi connectivity index (χ0n) is 8.77. The molecule has 0 amide bonds. The summed E-state index contributed by atoms with van der Waals surface area (Å²) in [5, 5.41) is 0. The summed E-state index contributed by atoms with van der Waals surface area (Å²) in [6, 6.07) is 4.20. The molecule has 1 rings (SSSR count). The molecule has 0 aromatic carbocycles. The van der Waals surface area contributed by atoms with Gasteiger partial charge in [-0.15, -0.1) is 0 Å². The summed E-state index contributed by atoms with van der Waals surface area (Å²) in [6.45, 7) is 2.03. The van der Waals surface area contributed by atoms with Gasteiger partial charge in [0, 0.05) is 6.07 Å². The molecule has 0 aliphatic carbocycles. The SMILES string of the molecule is CCOC(=O)C(N)c1cccc(OC)n1. The maximum absolute atomic E-state index is 11.3. The number of nitrogens with zero attached hydrogens (tertiary/aromatic N) is 1. The Hall–Kier alpha value is -1.62. The Labute approximate surface area is 88.2 Å². The molecule has 0 spiro atoms. The number of rotatable bonds is 4. The topological polar surface area (TPSA) is 74.4 Å². The summed E-state index contributed by atoms with van der Waals surface area (Å²) in [4.78, 5) is 15.4. The van der Waals surface area contributed by atoms with Gasteiger partial charge in [0.05, 0.1) is 19.4 Å². The number of methoxy groups -OCH3 is 1. The molecule has 0 aliphatic rings. The van der Waals surface area contributed by atoms with Crippen LogP contribution in [0.4, 0.5) is 0 Å². The van der Waals surface area contributed by atoms with Gasteiger partial charge in [-0.05, 0) is 13.0 Å². The van der Waals surface area contributed by atoms with E-state index in [1.165, 1.54) is 7.11 Å². The molecule has 0 saturated heterocycles. The van der Waals surface area contributed by atoms with Crippen LogP contribution in [-0.4, -0.2) is 24.7 Å². The first-order valence-corrected chi connectivity index (χ1v) is 4.62. The van der Waals surface area contributed by atoms with Gasteiger partial charge >= 0.3 is 5.97 Å². The number of pyridine rings is 1. The number of hydrogen-bond donors (Lipinski definition) is 1. The smallest absolute Gasteiger partial charge is 0.329 e. The number of carbonyl (C=O) groups excluding carboxylic acids is 1. The largest absolute Gasteiger partial charge is 0.481 e. The first kappa shape index (κ1) is 11.5. The third-order valence-electron chi connectivity index (χ3n) is 1.81. The Kier molecular flexibility index (Phi) is 4.05. The van der Waals surface area contributed by atoms with Crippen molar-refractivity contribution >= 4 is 5.97 Å². The van der Waals surface area contributed by atoms with Crippen molar-refractivity contribution in [2.75, 3.05) is 13.7 Å². The van der Waals surface area contributed by atoms with E-state index >= 15 is 0 Å². The molecule has 1 unspecified atom stereocenters. The summed E-state index contributed by atoms with van der Waals surface area (Å²) < 4.78 is 9.71. The predicted molar refractivity (Wildman–Crippen MR) is 54.4 cm³/mol.